The lowest BCUT2D eigenvalue weighted by molar-refractivity contribution is 0.152. The number of piperazine rings is 1. The molecule has 0 saturated carbocycles. The Morgan fingerprint density at radius 2 is 1.75 bits per heavy atom. The van der Waals surface area contributed by atoms with E-state index in [9.17, 15) is 12.8 Å². The molecular weight excluding hydrogens is 533 g/mol. The second kappa shape index (κ2) is 13.5. The minimum atomic E-state index is -3.67. The predicted octanol–water partition coefficient (Wildman–Crippen LogP) is 2.86. The van der Waals surface area contributed by atoms with E-state index in [1.54, 1.807) is 48.7 Å². The SMILES string of the molecule is COc1ccc(-c2ccnc(N(CCCN(C)C)c3ccc(S(=O)(=O)NCN4CCN(C)CC4)cc3)n2)cc1F. The van der Waals surface area contributed by atoms with Crippen LogP contribution >= 0.6 is 0 Å². The first-order valence-corrected chi connectivity index (χ1v) is 14.7. The van der Waals surface area contributed by atoms with Gasteiger partial charge in [0.2, 0.25) is 16.0 Å². The average molecular weight is 572 g/mol. The van der Waals surface area contributed by atoms with E-state index in [0.717, 1.165) is 44.8 Å². The fourth-order valence-corrected chi connectivity index (χ4v) is 5.44. The Bertz CT molecular complexity index is 1360. The summed E-state index contributed by atoms with van der Waals surface area (Å²) < 4.78 is 48.1. The van der Waals surface area contributed by atoms with Crippen LogP contribution in [0.25, 0.3) is 11.3 Å². The first kappa shape index (κ1) is 29.8. The second-order valence-corrected chi connectivity index (χ2v) is 11.9. The summed E-state index contributed by atoms with van der Waals surface area (Å²) in [6.07, 6.45) is 2.46. The van der Waals surface area contributed by atoms with Gasteiger partial charge in [0.25, 0.3) is 0 Å². The zero-order valence-electron chi connectivity index (χ0n) is 23.5. The number of hydrogen-bond acceptors (Lipinski definition) is 9. The van der Waals surface area contributed by atoms with Gasteiger partial charge < -0.3 is 19.4 Å². The molecule has 0 aliphatic carbocycles. The third-order valence-electron chi connectivity index (χ3n) is 6.85. The smallest absolute Gasteiger partial charge is 0.241 e. The van der Waals surface area contributed by atoms with Crippen LogP contribution in [-0.2, 0) is 10.0 Å². The number of aromatic nitrogens is 2. The molecule has 1 aliphatic heterocycles. The summed E-state index contributed by atoms with van der Waals surface area (Å²) in [5.41, 5.74) is 1.93. The molecule has 0 amide bonds. The molecule has 1 N–H and O–H groups in total. The number of sulfonamides is 1. The minimum Gasteiger partial charge on any atom is -0.494 e. The van der Waals surface area contributed by atoms with E-state index in [0.29, 0.717) is 23.8 Å². The number of likely N-dealkylation sites (N-methyl/N-ethyl adjacent to an activating group) is 1. The molecule has 2 aromatic carbocycles. The van der Waals surface area contributed by atoms with Crippen molar-refractivity contribution in [3.8, 4) is 17.0 Å². The molecule has 3 aromatic rings. The van der Waals surface area contributed by atoms with Crippen molar-refractivity contribution < 1.29 is 17.5 Å². The van der Waals surface area contributed by atoms with Gasteiger partial charge in [-0.05, 0) is 82.6 Å². The van der Waals surface area contributed by atoms with Crippen LogP contribution in [0.4, 0.5) is 16.0 Å². The van der Waals surface area contributed by atoms with Gasteiger partial charge in [0.05, 0.1) is 24.4 Å². The van der Waals surface area contributed by atoms with E-state index in [1.165, 1.54) is 13.2 Å². The molecule has 0 unspecified atom stereocenters. The van der Waals surface area contributed by atoms with Crippen LogP contribution in [0.15, 0.2) is 59.6 Å². The monoisotopic (exact) mass is 571 g/mol. The zero-order chi connectivity index (χ0) is 28.7. The molecule has 1 saturated heterocycles. The van der Waals surface area contributed by atoms with Crippen molar-refractivity contribution in [3.05, 3.63) is 60.5 Å². The van der Waals surface area contributed by atoms with Crippen LogP contribution in [-0.4, -0.2) is 107 Å². The topological polar surface area (TPSA) is 94.1 Å². The predicted molar refractivity (Wildman–Crippen MR) is 155 cm³/mol. The fraction of sp³-hybridized carbons (Fsp3) is 0.429. The van der Waals surface area contributed by atoms with Crippen LogP contribution in [0.2, 0.25) is 0 Å². The van der Waals surface area contributed by atoms with Crippen LogP contribution < -0.4 is 14.4 Å². The highest BCUT2D eigenvalue weighted by Crippen LogP contribution is 2.28. The lowest BCUT2D eigenvalue weighted by atomic mass is 10.1. The van der Waals surface area contributed by atoms with Crippen molar-refractivity contribution in [3.63, 3.8) is 0 Å². The largest absolute Gasteiger partial charge is 0.494 e. The Morgan fingerprint density at radius 3 is 2.40 bits per heavy atom. The van der Waals surface area contributed by atoms with E-state index in [-0.39, 0.29) is 17.3 Å². The van der Waals surface area contributed by atoms with E-state index in [1.807, 2.05) is 19.0 Å². The highest BCUT2D eigenvalue weighted by atomic mass is 32.2. The first-order valence-electron chi connectivity index (χ1n) is 13.3. The van der Waals surface area contributed by atoms with Gasteiger partial charge >= 0.3 is 0 Å². The van der Waals surface area contributed by atoms with Crippen molar-refractivity contribution in [1.29, 1.82) is 0 Å². The molecule has 0 bridgehead atoms. The maximum atomic E-state index is 14.4. The number of nitrogens with zero attached hydrogens (tertiary/aromatic N) is 6. The molecule has 2 heterocycles. The molecule has 0 atom stereocenters. The Morgan fingerprint density at radius 1 is 1.02 bits per heavy atom. The van der Waals surface area contributed by atoms with E-state index < -0.39 is 15.8 Å². The molecule has 12 heteroatoms. The van der Waals surface area contributed by atoms with Crippen molar-refractivity contribution >= 4 is 21.7 Å². The van der Waals surface area contributed by atoms with Crippen LogP contribution in [0.5, 0.6) is 5.75 Å². The molecule has 216 valence electrons. The number of anilines is 2. The van der Waals surface area contributed by atoms with Gasteiger partial charge in [0.15, 0.2) is 11.6 Å². The van der Waals surface area contributed by atoms with Crippen LogP contribution in [0, 0.1) is 5.82 Å². The van der Waals surface area contributed by atoms with E-state index in [4.69, 9.17) is 9.72 Å². The van der Waals surface area contributed by atoms with Crippen LogP contribution in [0.3, 0.4) is 0 Å². The van der Waals surface area contributed by atoms with Gasteiger partial charge in [-0.25, -0.2) is 22.8 Å². The highest BCUT2D eigenvalue weighted by molar-refractivity contribution is 7.89. The molecular formula is C28H38FN7O3S. The minimum absolute atomic E-state index is 0.163. The van der Waals surface area contributed by atoms with Crippen molar-refractivity contribution in [2.75, 3.05) is 79.1 Å². The molecule has 0 spiro atoms. The van der Waals surface area contributed by atoms with Gasteiger partial charge in [-0.15, -0.1) is 0 Å². The summed E-state index contributed by atoms with van der Waals surface area (Å²) in [7, 11) is 3.83. The first-order chi connectivity index (χ1) is 19.2. The summed E-state index contributed by atoms with van der Waals surface area (Å²) in [4.78, 5) is 17.8. The molecule has 1 aromatic heterocycles. The van der Waals surface area contributed by atoms with Crippen molar-refractivity contribution in [2.24, 2.45) is 0 Å². The number of hydrogen-bond donors (Lipinski definition) is 1. The number of nitrogens with one attached hydrogen (secondary N) is 1. The standard InChI is InChI=1S/C28H38FN7O3S/c1-33(2)14-5-15-36(28-30-13-12-26(32-28)22-6-11-27(39-4)25(29)20-22)23-7-9-24(10-8-23)40(37,38)31-21-35-18-16-34(3)17-19-35/h6-13,20,31H,5,14-19,21H2,1-4H3. The molecule has 40 heavy (non-hydrogen) atoms. The van der Waals surface area contributed by atoms with E-state index in [2.05, 4.69) is 31.5 Å². The molecule has 4 rings (SSSR count). The van der Waals surface area contributed by atoms with Gasteiger partial charge in [0, 0.05) is 50.2 Å². The van der Waals surface area contributed by atoms with Crippen molar-refractivity contribution in [2.45, 2.75) is 11.3 Å². The maximum Gasteiger partial charge on any atom is 0.241 e. The summed E-state index contributed by atoms with van der Waals surface area (Å²) in [5, 5.41) is 0. The Hall–Kier alpha value is -3.16. The number of benzene rings is 2. The van der Waals surface area contributed by atoms with Gasteiger partial charge in [-0.1, -0.05) is 0 Å². The Kier molecular flexibility index (Phi) is 10.0. The third kappa shape index (κ3) is 7.73. The summed E-state index contributed by atoms with van der Waals surface area (Å²) in [6.45, 7) is 5.20. The molecule has 1 fully saturated rings. The second-order valence-electron chi connectivity index (χ2n) is 10.1. The van der Waals surface area contributed by atoms with Gasteiger partial charge in [-0.3, -0.25) is 4.90 Å². The molecule has 0 radical (unpaired) electrons. The Labute approximate surface area is 236 Å². The number of rotatable bonds is 12. The van der Waals surface area contributed by atoms with Gasteiger partial charge in [0.1, 0.15) is 0 Å². The fourth-order valence-electron chi connectivity index (χ4n) is 4.43. The average Bonchev–Trinajstić information content (AvgIpc) is 2.95. The van der Waals surface area contributed by atoms with Crippen LogP contribution in [0.1, 0.15) is 6.42 Å². The van der Waals surface area contributed by atoms with Crippen molar-refractivity contribution in [1.82, 2.24) is 29.4 Å². The van der Waals surface area contributed by atoms with E-state index >= 15 is 0 Å². The normalized spacial score (nSPS) is 14.9. The molecule has 10 nitrogen and oxygen atoms in total. The summed E-state index contributed by atoms with van der Waals surface area (Å²) >= 11 is 0. The summed E-state index contributed by atoms with van der Waals surface area (Å²) in [6, 6.07) is 13.2. The lowest BCUT2D eigenvalue weighted by Gasteiger charge is -2.32. The third-order valence-corrected chi connectivity index (χ3v) is 8.25. The summed E-state index contributed by atoms with van der Waals surface area (Å²) in [5.74, 6) is 0.133. The number of methoxy groups -OCH3 is 1. The highest BCUT2D eigenvalue weighted by Gasteiger charge is 2.20. The zero-order valence-corrected chi connectivity index (χ0v) is 24.4. The number of halogens is 1. The Balaban J connectivity index is 1.55. The quantitative estimate of drug-likeness (QED) is 0.352. The number of ether oxygens (including phenoxy) is 1. The molecule has 1 aliphatic rings. The maximum absolute atomic E-state index is 14.4. The van der Waals surface area contributed by atoms with Gasteiger partial charge in [-0.2, -0.15) is 4.72 Å². The lowest BCUT2D eigenvalue weighted by Crippen LogP contribution is -2.48.